The molecule has 0 radical (unpaired) electrons. The Morgan fingerprint density at radius 2 is 1.78 bits per heavy atom. The first-order valence-corrected chi connectivity index (χ1v) is 8.55. The van der Waals surface area contributed by atoms with Crippen LogP contribution >= 0.6 is 0 Å². The van der Waals surface area contributed by atoms with Crippen LogP contribution in [0.25, 0.3) is 0 Å². The van der Waals surface area contributed by atoms with Crippen LogP contribution in [0.1, 0.15) is 25.3 Å². The van der Waals surface area contributed by atoms with Crippen LogP contribution in [0.5, 0.6) is 0 Å². The Labute approximate surface area is 157 Å². The van der Waals surface area contributed by atoms with Gasteiger partial charge in [0, 0.05) is 33.3 Å². The van der Waals surface area contributed by atoms with E-state index in [0.717, 1.165) is 4.90 Å². The quantitative estimate of drug-likeness (QED) is 0.655. The average molecular weight is 379 g/mol. The number of likely N-dealkylation sites (N-methyl/N-ethyl adjacent to an activating group) is 2. The maximum Gasteiger partial charge on any atom is 0.325 e. The fourth-order valence-electron chi connectivity index (χ4n) is 2.56. The molecule has 0 aliphatic carbocycles. The third kappa shape index (κ3) is 4.83. The maximum absolute atomic E-state index is 12.3. The third-order valence-corrected chi connectivity index (χ3v) is 4.37. The first-order chi connectivity index (χ1) is 12.5. The maximum atomic E-state index is 12.3. The lowest BCUT2D eigenvalue weighted by molar-refractivity contribution is -0.138. The number of imide groups is 1. The summed E-state index contributed by atoms with van der Waals surface area (Å²) in [7, 11) is 3.19. The molecule has 2 heterocycles. The topological polar surface area (TPSA) is 116 Å². The monoisotopic (exact) mass is 379 g/mol. The van der Waals surface area contributed by atoms with Gasteiger partial charge in [-0.2, -0.15) is 0 Å². The molecule has 5 amide bonds. The van der Waals surface area contributed by atoms with E-state index in [1.165, 1.54) is 9.80 Å². The lowest BCUT2D eigenvalue weighted by Crippen LogP contribution is -2.45. The second-order valence-corrected chi connectivity index (χ2v) is 7.18. The van der Waals surface area contributed by atoms with Crippen LogP contribution in [0.15, 0.2) is 10.6 Å². The van der Waals surface area contributed by atoms with Gasteiger partial charge in [0.2, 0.25) is 11.8 Å². The van der Waals surface area contributed by atoms with Gasteiger partial charge in [0.15, 0.2) is 0 Å². The Hall–Kier alpha value is -2.91. The number of urea groups is 1. The minimum Gasteiger partial charge on any atom is -0.361 e. The van der Waals surface area contributed by atoms with Crippen LogP contribution in [-0.2, 0) is 20.8 Å². The predicted molar refractivity (Wildman–Crippen MR) is 94.5 cm³/mol. The molecule has 0 unspecified atom stereocenters. The molecule has 1 aliphatic heterocycles. The summed E-state index contributed by atoms with van der Waals surface area (Å²) in [6.45, 7) is 5.16. The zero-order valence-corrected chi connectivity index (χ0v) is 16.2. The van der Waals surface area contributed by atoms with Crippen LogP contribution in [0.4, 0.5) is 4.79 Å². The molecule has 148 valence electrons. The summed E-state index contributed by atoms with van der Waals surface area (Å²) in [6.07, 6.45) is 0.114. The number of carbonyl (C=O) groups is 4. The molecule has 10 nitrogen and oxygen atoms in total. The molecular formula is C17H25N5O5. The molecule has 1 fully saturated rings. The van der Waals surface area contributed by atoms with E-state index in [-0.39, 0.29) is 31.3 Å². The van der Waals surface area contributed by atoms with Crippen molar-refractivity contribution in [3.63, 3.8) is 0 Å². The third-order valence-electron chi connectivity index (χ3n) is 4.37. The normalized spacial score (nSPS) is 15.7. The summed E-state index contributed by atoms with van der Waals surface area (Å²) in [5, 5.41) is 6.31. The second kappa shape index (κ2) is 7.77. The molecule has 0 saturated carbocycles. The standard InChI is InChI=1S/C17H25N5O5/c1-11-8-12(19-27-11)9-13(23)20(4)6-7-21(5)14(24)10-22-15(25)17(2,3)18-16(22)26/h8H,6-7,9-10H2,1-5H3,(H,18,26). The van der Waals surface area contributed by atoms with Gasteiger partial charge in [-0.15, -0.1) is 0 Å². The summed E-state index contributed by atoms with van der Waals surface area (Å²) < 4.78 is 4.93. The molecule has 0 aromatic carbocycles. The first-order valence-electron chi connectivity index (χ1n) is 8.55. The van der Waals surface area contributed by atoms with Crippen molar-refractivity contribution in [2.45, 2.75) is 32.7 Å². The number of rotatable bonds is 7. The molecule has 27 heavy (non-hydrogen) atoms. The fourth-order valence-corrected chi connectivity index (χ4v) is 2.56. The van der Waals surface area contributed by atoms with E-state index in [4.69, 9.17) is 4.52 Å². The highest BCUT2D eigenvalue weighted by Crippen LogP contribution is 2.16. The van der Waals surface area contributed by atoms with Crippen molar-refractivity contribution >= 4 is 23.8 Å². The number of nitrogens with one attached hydrogen (secondary N) is 1. The number of aryl methyl sites for hydroxylation is 1. The summed E-state index contributed by atoms with van der Waals surface area (Å²) >= 11 is 0. The Morgan fingerprint density at radius 3 is 2.26 bits per heavy atom. The number of hydrogen-bond acceptors (Lipinski definition) is 6. The van der Waals surface area contributed by atoms with E-state index >= 15 is 0 Å². The molecule has 0 atom stereocenters. The predicted octanol–water partition coefficient (Wildman–Crippen LogP) is -0.227. The minimum absolute atomic E-state index is 0.114. The van der Waals surface area contributed by atoms with E-state index < -0.39 is 17.5 Å². The highest BCUT2D eigenvalue weighted by atomic mass is 16.5. The van der Waals surface area contributed by atoms with Crippen molar-refractivity contribution in [3.05, 3.63) is 17.5 Å². The summed E-state index contributed by atoms with van der Waals surface area (Å²) in [4.78, 5) is 52.2. The van der Waals surface area contributed by atoms with Gasteiger partial charge >= 0.3 is 6.03 Å². The zero-order valence-electron chi connectivity index (χ0n) is 16.2. The van der Waals surface area contributed by atoms with Crippen LogP contribution < -0.4 is 5.32 Å². The summed E-state index contributed by atoms with van der Waals surface area (Å²) in [5.41, 5.74) is -0.461. The number of amides is 5. The molecule has 1 aromatic rings. The van der Waals surface area contributed by atoms with Crippen molar-refractivity contribution in [2.75, 3.05) is 33.7 Å². The van der Waals surface area contributed by atoms with Crippen molar-refractivity contribution in [1.29, 1.82) is 0 Å². The Bertz CT molecular complexity index is 757. The number of carbonyl (C=O) groups excluding carboxylic acids is 4. The number of hydrogen-bond donors (Lipinski definition) is 1. The Balaban J connectivity index is 1.81. The van der Waals surface area contributed by atoms with Gasteiger partial charge in [-0.05, 0) is 20.8 Å². The highest BCUT2D eigenvalue weighted by molar-refractivity contribution is 6.08. The van der Waals surface area contributed by atoms with E-state index in [2.05, 4.69) is 10.5 Å². The molecule has 10 heteroatoms. The number of aromatic nitrogens is 1. The number of nitrogens with zero attached hydrogens (tertiary/aromatic N) is 4. The van der Waals surface area contributed by atoms with Gasteiger partial charge in [-0.25, -0.2) is 4.79 Å². The largest absolute Gasteiger partial charge is 0.361 e. The zero-order chi connectivity index (χ0) is 20.4. The van der Waals surface area contributed by atoms with Gasteiger partial charge in [0.25, 0.3) is 5.91 Å². The Morgan fingerprint density at radius 1 is 1.19 bits per heavy atom. The molecule has 2 rings (SSSR count). The molecule has 1 N–H and O–H groups in total. The van der Waals surface area contributed by atoms with Gasteiger partial charge in [0.05, 0.1) is 12.1 Å². The van der Waals surface area contributed by atoms with Crippen LogP contribution in [0, 0.1) is 6.92 Å². The molecule has 0 bridgehead atoms. The van der Waals surface area contributed by atoms with Crippen molar-refractivity contribution in [2.24, 2.45) is 0 Å². The van der Waals surface area contributed by atoms with E-state index in [9.17, 15) is 19.2 Å². The smallest absolute Gasteiger partial charge is 0.325 e. The molecule has 0 spiro atoms. The van der Waals surface area contributed by atoms with Crippen molar-refractivity contribution in [1.82, 2.24) is 25.2 Å². The van der Waals surface area contributed by atoms with E-state index in [1.54, 1.807) is 40.9 Å². The average Bonchev–Trinajstić information content (AvgIpc) is 3.07. The van der Waals surface area contributed by atoms with E-state index in [1.807, 2.05) is 0 Å². The SMILES string of the molecule is Cc1cc(CC(=O)N(C)CCN(C)C(=O)CN2C(=O)NC(C)(C)C2=O)no1. The first kappa shape index (κ1) is 20.4. The molecule has 1 aliphatic rings. The Kier molecular flexibility index (Phi) is 5.87. The van der Waals surface area contributed by atoms with Gasteiger partial charge < -0.3 is 19.6 Å². The molecular weight excluding hydrogens is 354 g/mol. The van der Waals surface area contributed by atoms with Crippen LogP contribution in [-0.4, -0.2) is 82.9 Å². The van der Waals surface area contributed by atoms with Crippen molar-refractivity contribution < 1.29 is 23.7 Å². The van der Waals surface area contributed by atoms with Gasteiger partial charge in [-0.1, -0.05) is 5.16 Å². The van der Waals surface area contributed by atoms with Crippen molar-refractivity contribution in [3.8, 4) is 0 Å². The second-order valence-electron chi connectivity index (χ2n) is 7.18. The van der Waals surface area contributed by atoms with Gasteiger partial charge in [0.1, 0.15) is 17.8 Å². The highest BCUT2D eigenvalue weighted by Gasteiger charge is 2.45. The minimum atomic E-state index is -1.01. The molecule has 1 aromatic heterocycles. The molecule has 1 saturated heterocycles. The van der Waals surface area contributed by atoms with Crippen LogP contribution in [0.3, 0.4) is 0 Å². The summed E-state index contributed by atoms with van der Waals surface area (Å²) in [5.74, 6) is -0.344. The lowest BCUT2D eigenvalue weighted by atomic mass is 10.1. The lowest BCUT2D eigenvalue weighted by Gasteiger charge is -2.24. The fraction of sp³-hybridized carbons (Fsp3) is 0.588. The van der Waals surface area contributed by atoms with E-state index in [0.29, 0.717) is 18.0 Å². The van der Waals surface area contributed by atoms with Gasteiger partial charge in [-0.3, -0.25) is 19.3 Å². The summed E-state index contributed by atoms with van der Waals surface area (Å²) in [6, 6.07) is 1.11. The van der Waals surface area contributed by atoms with Crippen LogP contribution in [0.2, 0.25) is 0 Å².